The Balaban J connectivity index is 1.16. The SMILES string of the molecule is CC(C)(C)OC(=O)N1CCc2cc(CNC(=O)[C@@H]3CCc4ncc(NCCCc5ccccc5)c(=O)n43)nn2C1. The van der Waals surface area contributed by atoms with Crippen molar-refractivity contribution < 1.29 is 14.3 Å². The summed E-state index contributed by atoms with van der Waals surface area (Å²) in [6, 6.07) is 11.5. The fraction of sp³-hybridized carbons (Fsp3) is 0.483. The van der Waals surface area contributed by atoms with Crippen molar-refractivity contribution in [2.24, 2.45) is 0 Å². The Morgan fingerprint density at radius 1 is 1.15 bits per heavy atom. The molecule has 2 N–H and O–H groups in total. The van der Waals surface area contributed by atoms with Gasteiger partial charge in [-0.1, -0.05) is 30.3 Å². The van der Waals surface area contributed by atoms with E-state index in [2.05, 4.69) is 32.8 Å². The number of ether oxygens (including phenoxy) is 1. The first-order valence-electron chi connectivity index (χ1n) is 13.9. The van der Waals surface area contributed by atoms with Crippen LogP contribution in [0.1, 0.15) is 62.4 Å². The molecule has 2 amide bonds. The van der Waals surface area contributed by atoms with E-state index in [1.54, 1.807) is 15.8 Å². The van der Waals surface area contributed by atoms with E-state index >= 15 is 0 Å². The molecule has 0 aliphatic carbocycles. The average molecular weight is 548 g/mol. The monoisotopic (exact) mass is 547 g/mol. The van der Waals surface area contributed by atoms with Crippen LogP contribution in [0.5, 0.6) is 0 Å². The highest BCUT2D eigenvalue weighted by molar-refractivity contribution is 5.80. The number of nitrogens with one attached hydrogen (secondary N) is 2. The summed E-state index contributed by atoms with van der Waals surface area (Å²) in [7, 11) is 0. The van der Waals surface area contributed by atoms with Gasteiger partial charge in [-0.3, -0.25) is 19.1 Å². The summed E-state index contributed by atoms with van der Waals surface area (Å²) in [5, 5.41) is 10.7. The zero-order valence-corrected chi connectivity index (χ0v) is 23.4. The van der Waals surface area contributed by atoms with Gasteiger partial charge in [0, 0.05) is 31.6 Å². The summed E-state index contributed by atoms with van der Waals surface area (Å²) in [6.07, 6.45) is 4.74. The van der Waals surface area contributed by atoms with Crippen LogP contribution in [-0.4, -0.2) is 54.9 Å². The summed E-state index contributed by atoms with van der Waals surface area (Å²) < 4.78 is 8.77. The third-order valence-corrected chi connectivity index (χ3v) is 7.08. The van der Waals surface area contributed by atoms with Crippen molar-refractivity contribution in [2.45, 2.75) is 77.7 Å². The Labute approximate surface area is 233 Å². The second-order valence-corrected chi connectivity index (χ2v) is 11.3. The predicted molar refractivity (Wildman–Crippen MR) is 150 cm³/mol. The predicted octanol–water partition coefficient (Wildman–Crippen LogP) is 3.04. The van der Waals surface area contributed by atoms with Crippen LogP contribution >= 0.6 is 0 Å². The normalized spacial score (nSPS) is 16.3. The zero-order chi connectivity index (χ0) is 28.3. The first kappa shape index (κ1) is 27.4. The van der Waals surface area contributed by atoms with Crippen molar-refractivity contribution in [3.8, 4) is 0 Å². The van der Waals surface area contributed by atoms with Crippen LogP contribution in [0.3, 0.4) is 0 Å². The number of hydrogen-bond acceptors (Lipinski definition) is 7. The van der Waals surface area contributed by atoms with Gasteiger partial charge in [0.1, 0.15) is 29.8 Å². The molecule has 0 bridgehead atoms. The number of hydrogen-bond donors (Lipinski definition) is 2. The Hall–Kier alpha value is -4.15. The molecule has 2 aliphatic rings. The molecule has 0 radical (unpaired) electrons. The van der Waals surface area contributed by atoms with Gasteiger partial charge >= 0.3 is 6.09 Å². The van der Waals surface area contributed by atoms with E-state index in [1.807, 2.05) is 45.0 Å². The van der Waals surface area contributed by atoms with Crippen molar-refractivity contribution in [3.63, 3.8) is 0 Å². The first-order valence-corrected chi connectivity index (χ1v) is 13.9. The highest BCUT2D eigenvalue weighted by atomic mass is 16.6. The maximum absolute atomic E-state index is 13.2. The van der Waals surface area contributed by atoms with E-state index in [0.29, 0.717) is 56.2 Å². The minimum absolute atomic E-state index is 0.220. The summed E-state index contributed by atoms with van der Waals surface area (Å²) in [5.41, 5.74) is 2.58. The topological polar surface area (TPSA) is 123 Å². The number of benzene rings is 1. The molecule has 0 unspecified atom stereocenters. The van der Waals surface area contributed by atoms with E-state index in [4.69, 9.17) is 4.74 Å². The van der Waals surface area contributed by atoms with E-state index < -0.39 is 11.6 Å². The van der Waals surface area contributed by atoms with Gasteiger partial charge in [0.2, 0.25) is 5.91 Å². The maximum atomic E-state index is 13.2. The van der Waals surface area contributed by atoms with Gasteiger partial charge in [-0.15, -0.1) is 0 Å². The highest BCUT2D eigenvalue weighted by Gasteiger charge is 2.31. The molecule has 2 aliphatic heterocycles. The number of amides is 2. The Morgan fingerprint density at radius 2 is 1.95 bits per heavy atom. The number of carbonyl (C=O) groups excluding carboxylic acids is 2. The lowest BCUT2D eigenvalue weighted by Gasteiger charge is -2.30. The lowest BCUT2D eigenvalue weighted by atomic mass is 10.1. The van der Waals surface area contributed by atoms with Gasteiger partial charge in [0.05, 0.1) is 18.4 Å². The van der Waals surface area contributed by atoms with Crippen LogP contribution in [0.2, 0.25) is 0 Å². The van der Waals surface area contributed by atoms with E-state index in [9.17, 15) is 14.4 Å². The second kappa shape index (κ2) is 11.5. The molecule has 0 saturated heterocycles. The number of rotatable bonds is 8. The smallest absolute Gasteiger partial charge is 0.411 e. The van der Waals surface area contributed by atoms with E-state index in [1.165, 1.54) is 10.1 Å². The van der Waals surface area contributed by atoms with Crippen molar-refractivity contribution in [1.82, 2.24) is 29.5 Å². The van der Waals surface area contributed by atoms with Crippen molar-refractivity contribution in [1.29, 1.82) is 0 Å². The van der Waals surface area contributed by atoms with Crippen LogP contribution in [-0.2, 0) is 42.0 Å². The first-order chi connectivity index (χ1) is 19.2. The van der Waals surface area contributed by atoms with Crippen LogP contribution in [0.25, 0.3) is 0 Å². The quantitative estimate of drug-likeness (QED) is 0.416. The molecule has 0 saturated carbocycles. The number of aryl methyl sites for hydroxylation is 2. The number of aromatic nitrogens is 4. The van der Waals surface area contributed by atoms with Crippen LogP contribution in [0.15, 0.2) is 47.4 Å². The van der Waals surface area contributed by atoms with Gasteiger partial charge in [0.25, 0.3) is 5.56 Å². The third-order valence-electron chi connectivity index (χ3n) is 7.08. The molecule has 40 heavy (non-hydrogen) atoms. The van der Waals surface area contributed by atoms with Crippen LogP contribution in [0.4, 0.5) is 10.5 Å². The molecular formula is C29H37N7O4. The number of anilines is 1. The Bertz CT molecular complexity index is 1420. The number of fused-ring (bicyclic) bond motifs is 2. The minimum atomic E-state index is -0.610. The molecule has 1 aromatic carbocycles. The van der Waals surface area contributed by atoms with Gasteiger partial charge in [-0.05, 0) is 51.7 Å². The van der Waals surface area contributed by atoms with E-state index in [-0.39, 0.29) is 24.1 Å². The van der Waals surface area contributed by atoms with Gasteiger partial charge in [0.15, 0.2) is 0 Å². The van der Waals surface area contributed by atoms with Gasteiger partial charge < -0.3 is 15.4 Å². The molecule has 4 heterocycles. The second-order valence-electron chi connectivity index (χ2n) is 11.3. The van der Waals surface area contributed by atoms with Crippen molar-refractivity contribution >= 4 is 17.7 Å². The molecule has 0 fully saturated rings. The molecule has 0 spiro atoms. The average Bonchev–Trinajstić information content (AvgIpc) is 3.54. The van der Waals surface area contributed by atoms with E-state index in [0.717, 1.165) is 18.5 Å². The molecule has 3 aromatic rings. The fourth-order valence-corrected chi connectivity index (χ4v) is 5.11. The summed E-state index contributed by atoms with van der Waals surface area (Å²) in [5.74, 6) is 0.393. The third kappa shape index (κ3) is 6.35. The number of nitrogens with zero attached hydrogens (tertiary/aromatic N) is 5. The molecule has 11 heteroatoms. The highest BCUT2D eigenvalue weighted by Crippen LogP contribution is 2.24. The molecule has 5 rings (SSSR count). The Morgan fingerprint density at radius 3 is 2.73 bits per heavy atom. The summed E-state index contributed by atoms with van der Waals surface area (Å²) in [6.45, 7) is 7.24. The lowest BCUT2D eigenvalue weighted by Crippen LogP contribution is -2.42. The van der Waals surface area contributed by atoms with Crippen LogP contribution < -0.4 is 16.2 Å². The van der Waals surface area contributed by atoms with Crippen molar-refractivity contribution in [2.75, 3.05) is 18.4 Å². The van der Waals surface area contributed by atoms with Gasteiger partial charge in [-0.2, -0.15) is 5.10 Å². The van der Waals surface area contributed by atoms with Crippen molar-refractivity contribution in [3.05, 3.63) is 75.7 Å². The Kier molecular flexibility index (Phi) is 7.90. The largest absolute Gasteiger partial charge is 0.444 e. The minimum Gasteiger partial charge on any atom is -0.444 e. The molecule has 1 atom stereocenters. The maximum Gasteiger partial charge on any atom is 0.411 e. The molecule has 11 nitrogen and oxygen atoms in total. The lowest BCUT2D eigenvalue weighted by molar-refractivity contribution is -0.124. The zero-order valence-electron chi connectivity index (χ0n) is 23.4. The summed E-state index contributed by atoms with van der Waals surface area (Å²) >= 11 is 0. The standard InChI is InChI=1S/C29H37N7O4/c1-29(2,3)40-28(39)34-15-13-22-16-21(33-35(22)19-34)17-32-26(37)24-11-12-25-31-18-23(27(38)36(24)25)30-14-7-10-20-8-5-4-6-9-20/h4-6,8-9,16,18,24,30H,7,10-15,17,19H2,1-3H3,(H,32,37)/t24-/m0/s1. The van der Waals surface area contributed by atoms with Crippen LogP contribution in [0, 0.1) is 0 Å². The molecule has 2 aromatic heterocycles. The fourth-order valence-electron chi connectivity index (χ4n) is 5.11. The summed E-state index contributed by atoms with van der Waals surface area (Å²) in [4.78, 5) is 44.9. The van der Waals surface area contributed by atoms with Gasteiger partial charge in [-0.25, -0.2) is 14.5 Å². The molecule has 212 valence electrons. The number of carbonyl (C=O) groups is 2. The molecular weight excluding hydrogens is 510 g/mol.